The molecule has 9 heteroatoms. The van der Waals surface area contributed by atoms with Crippen LogP contribution in [0.4, 0.5) is 5.69 Å². The van der Waals surface area contributed by atoms with Gasteiger partial charge < -0.3 is 10.1 Å². The van der Waals surface area contributed by atoms with Crippen LogP contribution in [-0.4, -0.2) is 26.4 Å². The van der Waals surface area contributed by atoms with Gasteiger partial charge in [0, 0.05) is 22.3 Å². The number of carbonyl (C=O) groups excluding carboxylic acids is 1. The predicted molar refractivity (Wildman–Crippen MR) is 117 cm³/mol. The number of hydrogen-bond donors (Lipinski definition) is 1. The molecule has 1 amide bonds. The van der Waals surface area contributed by atoms with Gasteiger partial charge in [0.25, 0.3) is 0 Å². The first-order valence-corrected chi connectivity index (χ1v) is 10.4. The summed E-state index contributed by atoms with van der Waals surface area (Å²) in [6, 6.07) is 14.3. The van der Waals surface area contributed by atoms with Gasteiger partial charge in [0.2, 0.25) is 5.91 Å². The standard InChI is InChI=1S/C20H18Cl2N4O2S/c1-2-8-26-18(12-28-17-10-14(21)9-15(22)11-17)24-25-20(26)29-13-19(27)23-16-6-4-3-5-7-16/h2-7,9-11H,1,8,12-13H2,(H,23,27). The largest absolute Gasteiger partial charge is 0.485 e. The molecule has 0 saturated carbocycles. The van der Waals surface area contributed by atoms with Gasteiger partial charge in [-0.1, -0.05) is 59.2 Å². The molecule has 6 nitrogen and oxygen atoms in total. The van der Waals surface area contributed by atoms with Crippen LogP contribution in [0.25, 0.3) is 0 Å². The normalized spacial score (nSPS) is 10.6. The lowest BCUT2D eigenvalue weighted by Gasteiger charge is -2.10. The number of benzene rings is 2. The Morgan fingerprint density at radius 2 is 1.90 bits per heavy atom. The zero-order valence-electron chi connectivity index (χ0n) is 15.3. The third-order valence-corrected chi connectivity index (χ3v) is 5.10. The molecule has 1 N–H and O–H groups in total. The number of allylic oxidation sites excluding steroid dienone is 1. The molecule has 1 aromatic heterocycles. The van der Waals surface area contributed by atoms with Crippen LogP contribution in [0, 0.1) is 0 Å². The van der Waals surface area contributed by atoms with E-state index in [0.29, 0.717) is 33.3 Å². The van der Waals surface area contributed by atoms with Gasteiger partial charge in [0.15, 0.2) is 11.0 Å². The summed E-state index contributed by atoms with van der Waals surface area (Å²) in [6.45, 7) is 4.44. The van der Waals surface area contributed by atoms with Crippen LogP contribution in [-0.2, 0) is 17.9 Å². The summed E-state index contributed by atoms with van der Waals surface area (Å²) in [5.41, 5.74) is 0.750. The Labute approximate surface area is 182 Å². The number of aromatic nitrogens is 3. The van der Waals surface area contributed by atoms with Crippen LogP contribution in [0.1, 0.15) is 5.82 Å². The number of amides is 1. The number of para-hydroxylation sites is 1. The molecule has 0 unspecified atom stereocenters. The van der Waals surface area contributed by atoms with E-state index in [1.807, 2.05) is 34.9 Å². The van der Waals surface area contributed by atoms with E-state index in [1.54, 1.807) is 24.3 Å². The molecule has 0 radical (unpaired) electrons. The van der Waals surface area contributed by atoms with E-state index in [1.165, 1.54) is 11.8 Å². The van der Waals surface area contributed by atoms with E-state index >= 15 is 0 Å². The summed E-state index contributed by atoms with van der Waals surface area (Å²) in [6.07, 6.45) is 1.73. The van der Waals surface area contributed by atoms with Crippen molar-refractivity contribution in [1.82, 2.24) is 14.8 Å². The van der Waals surface area contributed by atoms with Gasteiger partial charge >= 0.3 is 0 Å². The lowest BCUT2D eigenvalue weighted by atomic mass is 10.3. The number of carbonyl (C=O) groups is 1. The molecule has 0 aliphatic heterocycles. The fourth-order valence-corrected chi connectivity index (χ4v) is 3.73. The molecule has 0 aliphatic carbocycles. The van der Waals surface area contributed by atoms with Gasteiger partial charge in [0.1, 0.15) is 12.4 Å². The summed E-state index contributed by atoms with van der Waals surface area (Å²) in [5, 5.41) is 12.8. The highest BCUT2D eigenvalue weighted by Crippen LogP contribution is 2.25. The molecule has 0 bridgehead atoms. The van der Waals surface area contributed by atoms with E-state index < -0.39 is 0 Å². The molecular formula is C20H18Cl2N4O2S. The van der Waals surface area contributed by atoms with Crippen molar-refractivity contribution in [3.05, 3.63) is 77.1 Å². The Kier molecular flexibility index (Phi) is 7.57. The summed E-state index contributed by atoms with van der Waals surface area (Å²) < 4.78 is 7.59. The number of nitrogens with one attached hydrogen (secondary N) is 1. The summed E-state index contributed by atoms with van der Waals surface area (Å²) in [7, 11) is 0. The zero-order chi connectivity index (χ0) is 20.6. The number of halogens is 2. The van der Waals surface area contributed by atoms with Gasteiger partial charge in [-0.3, -0.25) is 9.36 Å². The highest BCUT2D eigenvalue weighted by atomic mass is 35.5. The lowest BCUT2D eigenvalue weighted by Crippen LogP contribution is -2.14. The van der Waals surface area contributed by atoms with Crippen molar-refractivity contribution in [3.8, 4) is 5.75 Å². The number of anilines is 1. The van der Waals surface area contributed by atoms with Crippen molar-refractivity contribution >= 4 is 46.6 Å². The summed E-state index contributed by atoms with van der Waals surface area (Å²) in [4.78, 5) is 12.2. The summed E-state index contributed by atoms with van der Waals surface area (Å²) in [5.74, 6) is 1.22. The number of ether oxygens (including phenoxy) is 1. The second-order valence-corrected chi connectivity index (χ2v) is 7.71. The first kappa shape index (κ1) is 21.2. The topological polar surface area (TPSA) is 69.0 Å². The van der Waals surface area contributed by atoms with Crippen LogP contribution in [0.5, 0.6) is 5.75 Å². The lowest BCUT2D eigenvalue weighted by molar-refractivity contribution is -0.113. The molecule has 0 spiro atoms. The second kappa shape index (κ2) is 10.3. The molecule has 3 aromatic rings. The van der Waals surface area contributed by atoms with Gasteiger partial charge in [-0.25, -0.2) is 0 Å². The third-order valence-electron chi connectivity index (χ3n) is 3.70. The molecule has 0 saturated heterocycles. The SMILES string of the molecule is C=CCn1c(COc2cc(Cl)cc(Cl)c2)nnc1SCC(=O)Nc1ccccc1. The van der Waals surface area contributed by atoms with Crippen LogP contribution in [0.15, 0.2) is 66.3 Å². The van der Waals surface area contributed by atoms with Crippen LogP contribution in [0.3, 0.4) is 0 Å². The van der Waals surface area contributed by atoms with Crippen molar-refractivity contribution in [2.24, 2.45) is 0 Å². The average Bonchev–Trinajstić information content (AvgIpc) is 3.07. The number of nitrogens with zero attached hydrogens (tertiary/aromatic N) is 3. The third kappa shape index (κ3) is 6.25. The molecule has 3 rings (SSSR count). The van der Waals surface area contributed by atoms with E-state index in [0.717, 1.165) is 5.69 Å². The highest BCUT2D eigenvalue weighted by molar-refractivity contribution is 7.99. The van der Waals surface area contributed by atoms with Crippen molar-refractivity contribution in [2.75, 3.05) is 11.1 Å². The van der Waals surface area contributed by atoms with Gasteiger partial charge in [-0.2, -0.15) is 0 Å². The van der Waals surface area contributed by atoms with Crippen LogP contribution >= 0.6 is 35.0 Å². The molecule has 1 heterocycles. The Hall–Kier alpha value is -2.48. The fourth-order valence-electron chi connectivity index (χ4n) is 2.45. The van der Waals surface area contributed by atoms with E-state index in [-0.39, 0.29) is 18.3 Å². The van der Waals surface area contributed by atoms with Gasteiger partial charge in [-0.05, 0) is 30.3 Å². The molecule has 29 heavy (non-hydrogen) atoms. The predicted octanol–water partition coefficient (Wildman–Crippen LogP) is 5.08. The first-order chi connectivity index (χ1) is 14.0. The molecular weight excluding hydrogens is 431 g/mol. The quantitative estimate of drug-likeness (QED) is 0.365. The minimum absolute atomic E-state index is 0.124. The monoisotopic (exact) mass is 448 g/mol. The number of rotatable bonds is 9. The fraction of sp³-hybridized carbons (Fsp3) is 0.150. The van der Waals surface area contributed by atoms with E-state index in [4.69, 9.17) is 27.9 Å². The molecule has 2 aromatic carbocycles. The van der Waals surface area contributed by atoms with E-state index in [2.05, 4.69) is 22.1 Å². The summed E-state index contributed by atoms with van der Waals surface area (Å²) >= 11 is 13.3. The maximum absolute atomic E-state index is 12.2. The maximum atomic E-state index is 12.2. The average molecular weight is 449 g/mol. The Bertz CT molecular complexity index is 975. The Morgan fingerprint density at radius 3 is 2.59 bits per heavy atom. The van der Waals surface area contributed by atoms with Crippen molar-refractivity contribution in [2.45, 2.75) is 18.3 Å². The zero-order valence-corrected chi connectivity index (χ0v) is 17.7. The molecule has 0 fully saturated rings. The molecule has 0 atom stereocenters. The number of hydrogen-bond acceptors (Lipinski definition) is 5. The Balaban J connectivity index is 1.63. The van der Waals surface area contributed by atoms with Crippen molar-refractivity contribution in [3.63, 3.8) is 0 Å². The molecule has 0 aliphatic rings. The number of thioether (sulfide) groups is 1. The van der Waals surface area contributed by atoms with Crippen molar-refractivity contribution < 1.29 is 9.53 Å². The van der Waals surface area contributed by atoms with Gasteiger partial charge in [0.05, 0.1) is 5.75 Å². The Morgan fingerprint density at radius 1 is 1.17 bits per heavy atom. The van der Waals surface area contributed by atoms with E-state index in [9.17, 15) is 4.79 Å². The highest BCUT2D eigenvalue weighted by Gasteiger charge is 2.14. The minimum Gasteiger partial charge on any atom is -0.485 e. The van der Waals surface area contributed by atoms with Crippen molar-refractivity contribution in [1.29, 1.82) is 0 Å². The first-order valence-electron chi connectivity index (χ1n) is 8.64. The smallest absolute Gasteiger partial charge is 0.234 e. The minimum atomic E-state index is -0.124. The van der Waals surface area contributed by atoms with Crippen LogP contribution < -0.4 is 10.1 Å². The second-order valence-electron chi connectivity index (χ2n) is 5.89. The van der Waals surface area contributed by atoms with Gasteiger partial charge in [-0.15, -0.1) is 16.8 Å². The maximum Gasteiger partial charge on any atom is 0.234 e. The molecule has 150 valence electrons. The van der Waals surface area contributed by atoms with Crippen LogP contribution in [0.2, 0.25) is 10.0 Å².